The van der Waals surface area contributed by atoms with Gasteiger partial charge in [0.2, 0.25) is 0 Å². The van der Waals surface area contributed by atoms with Crippen molar-refractivity contribution in [1.29, 1.82) is 0 Å². The van der Waals surface area contributed by atoms with Crippen molar-refractivity contribution in [3.63, 3.8) is 0 Å². The van der Waals surface area contributed by atoms with Gasteiger partial charge in [-0.25, -0.2) is 4.98 Å². The minimum Gasteiger partial charge on any atom is -0.366 e. The maximum atomic E-state index is 4.52. The minimum atomic E-state index is 0.371. The zero-order valence-electron chi connectivity index (χ0n) is 12.3. The monoisotopic (exact) mass is 322 g/mol. The molecular weight excluding hydrogens is 300 g/mol. The summed E-state index contributed by atoms with van der Waals surface area (Å²) in [6.45, 7) is 9.41. The van der Waals surface area contributed by atoms with Crippen molar-refractivity contribution < 1.29 is 0 Å². The van der Waals surface area contributed by atoms with Crippen LogP contribution in [0.3, 0.4) is 0 Å². The van der Waals surface area contributed by atoms with E-state index >= 15 is 0 Å². The van der Waals surface area contributed by atoms with Crippen molar-refractivity contribution in [1.82, 2.24) is 4.98 Å². The fourth-order valence-corrected chi connectivity index (χ4v) is 4.65. The van der Waals surface area contributed by atoms with Crippen LogP contribution in [0.2, 0.25) is 0 Å². The van der Waals surface area contributed by atoms with Gasteiger partial charge in [-0.05, 0) is 70.5 Å². The van der Waals surface area contributed by atoms with Gasteiger partial charge >= 0.3 is 0 Å². The van der Waals surface area contributed by atoms with Crippen LogP contribution in [0.25, 0.3) is 0 Å². The third-order valence-electron chi connectivity index (χ3n) is 5.61. The van der Waals surface area contributed by atoms with Crippen LogP contribution in [0.15, 0.2) is 16.7 Å². The van der Waals surface area contributed by atoms with Gasteiger partial charge in [0.15, 0.2) is 0 Å². The molecule has 0 amide bonds. The van der Waals surface area contributed by atoms with Crippen LogP contribution in [0.1, 0.15) is 45.6 Å². The molecule has 19 heavy (non-hydrogen) atoms. The van der Waals surface area contributed by atoms with E-state index in [1.165, 1.54) is 24.8 Å². The van der Waals surface area contributed by atoms with E-state index in [0.29, 0.717) is 16.9 Å². The lowest BCUT2D eigenvalue weighted by molar-refractivity contribution is 0.155. The predicted octanol–water partition coefficient (Wildman–Crippen LogP) is 4.78. The van der Waals surface area contributed by atoms with E-state index in [0.717, 1.165) is 16.2 Å². The molecule has 104 valence electrons. The van der Waals surface area contributed by atoms with Gasteiger partial charge in [0.25, 0.3) is 0 Å². The van der Waals surface area contributed by atoms with Crippen molar-refractivity contribution in [2.24, 2.45) is 16.7 Å². The average Bonchev–Trinajstić information content (AvgIpc) is 2.80. The molecule has 1 N–H and O–H groups in total. The summed E-state index contributed by atoms with van der Waals surface area (Å²) in [5, 5.41) is 3.74. The molecule has 3 heteroatoms. The molecule has 0 radical (unpaired) electrons. The van der Waals surface area contributed by atoms with Crippen molar-refractivity contribution in [3.8, 4) is 0 Å². The maximum absolute atomic E-state index is 4.52. The summed E-state index contributed by atoms with van der Waals surface area (Å²) in [5.74, 6) is 1.89. The Morgan fingerprint density at radius 2 is 2.11 bits per heavy atom. The lowest BCUT2D eigenvalue weighted by atomic mass is 9.68. The molecule has 2 saturated carbocycles. The van der Waals surface area contributed by atoms with Gasteiger partial charge in [-0.15, -0.1) is 0 Å². The number of aromatic nitrogens is 1. The third kappa shape index (κ3) is 2.01. The van der Waals surface area contributed by atoms with Crippen LogP contribution in [-0.2, 0) is 0 Å². The minimum absolute atomic E-state index is 0.371. The van der Waals surface area contributed by atoms with Crippen LogP contribution in [0.4, 0.5) is 5.82 Å². The van der Waals surface area contributed by atoms with Gasteiger partial charge < -0.3 is 5.32 Å². The highest BCUT2D eigenvalue weighted by atomic mass is 79.9. The Bertz CT molecular complexity index is 507. The lowest BCUT2D eigenvalue weighted by Crippen LogP contribution is -2.45. The molecule has 2 aliphatic rings. The van der Waals surface area contributed by atoms with Crippen molar-refractivity contribution in [2.45, 2.75) is 53.0 Å². The molecule has 3 rings (SSSR count). The van der Waals surface area contributed by atoms with Gasteiger partial charge in [0.1, 0.15) is 5.82 Å². The summed E-state index contributed by atoms with van der Waals surface area (Å²) >= 11 is 3.52. The summed E-state index contributed by atoms with van der Waals surface area (Å²) < 4.78 is 1.08. The largest absolute Gasteiger partial charge is 0.366 e. The molecular formula is C16H23BrN2. The third-order valence-corrected chi connectivity index (χ3v) is 6.44. The second-order valence-electron chi connectivity index (χ2n) is 7.31. The van der Waals surface area contributed by atoms with Crippen LogP contribution >= 0.6 is 15.9 Å². The highest BCUT2D eigenvalue weighted by molar-refractivity contribution is 9.10. The summed E-state index contributed by atoms with van der Waals surface area (Å²) in [4.78, 5) is 4.52. The van der Waals surface area contributed by atoms with Crippen molar-refractivity contribution in [2.75, 3.05) is 5.32 Å². The molecule has 0 saturated heterocycles. The van der Waals surface area contributed by atoms with Gasteiger partial charge in [0.05, 0.1) is 0 Å². The fraction of sp³-hybridized carbons (Fsp3) is 0.688. The standard InChI is InChI=1S/C16H23BrN2/c1-10-7-13(18-9-12(10)17)19-14-15(2,3)11-5-6-16(14,4)8-11/h7,9,11,14H,5-6,8H2,1-4H3,(H,18,19). The normalized spacial score (nSPS) is 35.6. The Balaban J connectivity index is 1.88. The van der Waals surface area contributed by atoms with E-state index in [2.05, 4.69) is 60.0 Å². The summed E-state index contributed by atoms with van der Waals surface area (Å²) in [6.07, 6.45) is 6.02. The SMILES string of the molecule is Cc1cc(NC2C3(C)CCC(C3)C2(C)C)ncc1Br. The Morgan fingerprint density at radius 1 is 1.37 bits per heavy atom. The number of anilines is 1. The highest BCUT2D eigenvalue weighted by Crippen LogP contribution is 2.63. The second kappa shape index (κ2) is 4.21. The number of fused-ring (bicyclic) bond motifs is 2. The second-order valence-corrected chi connectivity index (χ2v) is 8.17. The van der Waals surface area contributed by atoms with Crippen LogP contribution in [0.5, 0.6) is 0 Å². The quantitative estimate of drug-likeness (QED) is 0.847. The molecule has 0 aliphatic heterocycles. The Morgan fingerprint density at radius 3 is 2.68 bits per heavy atom. The predicted molar refractivity (Wildman–Crippen MR) is 83.3 cm³/mol. The Labute approximate surface area is 124 Å². The zero-order chi connectivity index (χ0) is 13.8. The topological polar surface area (TPSA) is 24.9 Å². The van der Waals surface area contributed by atoms with Gasteiger partial charge in [-0.1, -0.05) is 20.8 Å². The number of hydrogen-bond acceptors (Lipinski definition) is 2. The lowest BCUT2D eigenvalue weighted by Gasteiger charge is -2.43. The molecule has 2 fully saturated rings. The number of rotatable bonds is 2. The number of halogens is 1. The average molecular weight is 323 g/mol. The molecule has 3 atom stereocenters. The number of pyridine rings is 1. The van der Waals surface area contributed by atoms with Crippen molar-refractivity contribution in [3.05, 3.63) is 22.3 Å². The molecule has 0 spiro atoms. The van der Waals surface area contributed by atoms with Crippen LogP contribution in [0, 0.1) is 23.7 Å². The smallest absolute Gasteiger partial charge is 0.126 e. The molecule has 0 aromatic carbocycles. The maximum Gasteiger partial charge on any atom is 0.126 e. The summed E-state index contributed by atoms with van der Waals surface area (Å²) in [6, 6.07) is 2.68. The fourth-order valence-electron chi connectivity index (χ4n) is 4.43. The van der Waals surface area contributed by atoms with Gasteiger partial charge in [-0.2, -0.15) is 0 Å². The molecule has 3 unspecified atom stereocenters. The first-order valence-corrected chi connectivity index (χ1v) is 8.01. The molecule has 1 aromatic rings. The first-order valence-electron chi connectivity index (χ1n) is 7.22. The van der Waals surface area contributed by atoms with E-state index < -0.39 is 0 Å². The van der Waals surface area contributed by atoms with Gasteiger partial charge in [0, 0.05) is 16.7 Å². The summed E-state index contributed by atoms with van der Waals surface area (Å²) in [5.41, 5.74) is 2.05. The molecule has 1 aromatic heterocycles. The molecule has 2 aliphatic carbocycles. The highest BCUT2D eigenvalue weighted by Gasteiger charge is 2.59. The van der Waals surface area contributed by atoms with E-state index in [1.54, 1.807) is 0 Å². The number of aryl methyl sites for hydroxylation is 1. The number of nitrogens with one attached hydrogen (secondary N) is 1. The van der Waals surface area contributed by atoms with E-state index in [4.69, 9.17) is 0 Å². The molecule has 1 heterocycles. The van der Waals surface area contributed by atoms with Crippen LogP contribution < -0.4 is 5.32 Å². The van der Waals surface area contributed by atoms with Gasteiger partial charge in [-0.3, -0.25) is 0 Å². The first kappa shape index (κ1) is 13.4. The van der Waals surface area contributed by atoms with E-state index in [9.17, 15) is 0 Å². The Kier molecular flexibility index (Phi) is 2.97. The van der Waals surface area contributed by atoms with E-state index in [-0.39, 0.29) is 0 Å². The number of hydrogen-bond donors (Lipinski definition) is 1. The van der Waals surface area contributed by atoms with E-state index in [1.807, 2.05) is 6.20 Å². The first-order chi connectivity index (χ1) is 8.83. The van der Waals surface area contributed by atoms with Crippen molar-refractivity contribution >= 4 is 21.7 Å². The molecule has 2 bridgehead atoms. The molecule has 2 nitrogen and oxygen atoms in total. The number of nitrogens with zero attached hydrogens (tertiary/aromatic N) is 1. The zero-order valence-corrected chi connectivity index (χ0v) is 13.8. The van der Waals surface area contributed by atoms with Crippen LogP contribution in [-0.4, -0.2) is 11.0 Å². The Hall–Kier alpha value is -0.570. The summed E-state index contributed by atoms with van der Waals surface area (Å²) in [7, 11) is 0.